The van der Waals surface area contributed by atoms with E-state index in [1.54, 1.807) is 18.0 Å². The van der Waals surface area contributed by atoms with Crippen molar-refractivity contribution < 1.29 is 18.7 Å². The number of ether oxygens (including phenoxy) is 1. The summed E-state index contributed by atoms with van der Waals surface area (Å²) in [6.45, 7) is 18.6. The SMILES string of the molecule is Cc1cncc2c1c(CC1CN(CC3(C)CCN(C(=O)OC(C)(C)C)CC3)C1)cn2-c1ccc(F)cc1C(=O)N(C)C(C)C. The Kier molecular flexibility index (Phi) is 8.82. The number of carbonyl (C=O) groups is 2. The van der Waals surface area contributed by atoms with E-state index >= 15 is 0 Å². The van der Waals surface area contributed by atoms with Crippen molar-refractivity contribution in [3.05, 3.63) is 59.3 Å². The summed E-state index contributed by atoms with van der Waals surface area (Å²) in [7, 11) is 1.75. The molecule has 0 unspecified atom stereocenters. The van der Waals surface area contributed by atoms with Gasteiger partial charge in [-0.3, -0.25) is 9.78 Å². The first-order chi connectivity index (χ1) is 20.6. The highest BCUT2D eigenvalue weighted by Gasteiger charge is 2.38. The van der Waals surface area contributed by atoms with Crippen molar-refractivity contribution in [3.63, 3.8) is 0 Å². The fourth-order valence-electron chi connectivity index (χ4n) is 6.61. The molecule has 4 heterocycles. The predicted molar refractivity (Wildman–Crippen MR) is 172 cm³/mol. The molecule has 0 aliphatic carbocycles. The molecule has 9 heteroatoms. The van der Waals surface area contributed by atoms with Crippen molar-refractivity contribution in [2.24, 2.45) is 11.3 Å². The third-order valence-electron chi connectivity index (χ3n) is 9.29. The molecule has 0 N–H and O–H groups in total. The fraction of sp³-hybridized carbons (Fsp3) is 0.571. The van der Waals surface area contributed by atoms with E-state index in [2.05, 4.69) is 29.9 Å². The molecule has 2 aliphatic rings. The first kappa shape index (κ1) is 31.9. The second-order valence-corrected chi connectivity index (χ2v) is 14.6. The number of piperidine rings is 1. The molecule has 2 aromatic heterocycles. The average molecular weight is 606 g/mol. The third kappa shape index (κ3) is 6.77. The number of fused-ring (bicyclic) bond motifs is 1. The Labute approximate surface area is 261 Å². The van der Waals surface area contributed by atoms with E-state index in [4.69, 9.17) is 4.74 Å². The summed E-state index contributed by atoms with van der Waals surface area (Å²) < 4.78 is 22.0. The van der Waals surface area contributed by atoms with Crippen molar-refractivity contribution in [2.45, 2.75) is 79.4 Å². The fourth-order valence-corrected chi connectivity index (χ4v) is 6.61. The van der Waals surface area contributed by atoms with Crippen LogP contribution in [0.5, 0.6) is 0 Å². The molecule has 8 nitrogen and oxygen atoms in total. The van der Waals surface area contributed by atoms with E-state index in [0.29, 0.717) is 17.2 Å². The number of hydrogen-bond acceptors (Lipinski definition) is 5. The Bertz CT molecular complexity index is 1530. The molecule has 0 radical (unpaired) electrons. The van der Waals surface area contributed by atoms with Crippen LogP contribution in [-0.2, 0) is 11.2 Å². The average Bonchev–Trinajstić information content (AvgIpc) is 3.29. The van der Waals surface area contributed by atoms with Gasteiger partial charge < -0.3 is 24.0 Å². The highest BCUT2D eigenvalue weighted by atomic mass is 19.1. The first-order valence-corrected chi connectivity index (χ1v) is 15.9. The molecule has 238 valence electrons. The molecule has 2 saturated heterocycles. The van der Waals surface area contributed by atoms with Crippen molar-refractivity contribution in [1.82, 2.24) is 24.3 Å². The predicted octanol–water partition coefficient (Wildman–Crippen LogP) is 6.46. The number of pyridine rings is 1. The van der Waals surface area contributed by atoms with Crippen molar-refractivity contribution in [3.8, 4) is 5.69 Å². The second kappa shape index (κ2) is 12.1. The number of rotatable bonds is 7. The van der Waals surface area contributed by atoms with E-state index in [1.807, 2.05) is 56.5 Å². The molecule has 0 bridgehead atoms. The van der Waals surface area contributed by atoms with E-state index in [9.17, 15) is 14.0 Å². The Morgan fingerprint density at radius 2 is 1.84 bits per heavy atom. The van der Waals surface area contributed by atoms with Crippen LogP contribution in [-0.4, -0.2) is 87.7 Å². The van der Waals surface area contributed by atoms with Crippen molar-refractivity contribution in [1.29, 1.82) is 0 Å². The Morgan fingerprint density at radius 1 is 1.16 bits per heavy atom. The molecule has 44 heavy (non-hydrogen) atoms. The summed E-state index contributed by atoms with van der Waals surface area (Å²) in [5.41, 5.74) is 3.94. The van der Waals surface area contributed by atoms with Crippen LogP contribution < -0.4 is 0 Å². The topological polar surface area (TPSA) is 70.9 Å². The van der Waals surface area contributed by atoms with Crippen LogP contribution in [0.25, 0.3) is 16.6 Å². The van der Waals surface area contributed by atoms with Crippen molar-refractivity contribution in [2.75, 3.05) is 39.8 Å². The van der Waals surface area contributed by atoms with Gasteiger partial charge in [-0.05, 0) is 101 Å². The van der Waals surface area contributed by atoms with Crippen LogP contribution >= 0.6 is 0 Å². The lowest BCUT2D eigenvalue weighted by Crippen LogP contribution is -2.54. The Balaban J connectivity index is 1.28. The Hall–Kier alpha value is -3.46. The van der Waals surface area contributed by atoms with Gasteiger partial charge in [0, 0.05) is 63.6 Å². The van der Waals surface area contributed by atoms with Gasteiger partial charge in [0.15, 0.2) is 0 Å². The molecule has 3 aromatic rings. The van der Waals surface area contributed by atoms with Gasteiger partial charge in [0.05, 0.1) is 23.0 Å². The van der Waals surface area contributed by atoms with Crippen LogP contribution in [0.15, 0.2) is 36.8 Å². The van der Waals surface area contributed by atoms with Gasteiger partial charge in [-0.25, -0.2) is 9.18 Å². The van der Waals surface area contributed by atoms with Gasteiger partial charge in [-0.2, -0.15) is 0 Å². The van der Waals surface area contributed by atoms with Crippen LogP contribution in [0.2, 0.25) is 0 Å². The van der Waals surface area contributed by atoms with E-state index in [1.165, 1.54) is 17.7 Å². The number of aromatic nitrogens is 2. The number of carbonyl (C=O) groups excluding carboxylic acids is 2. The van der Waals surface area contributed by atoms with Gasteiger partial charge in [0.25, 0.3) is 5.91 Å². The summed E-state index contributed by atoms with van der Waals surface area (Å²) >= 11 is 0. The number of likely N-dealkylation sites (tertiary alicyclic amines) is 2. The maximum atomic E-state index is 14.4. The lowest BCUT2D eigenvalue weighted by Gasteiger charge is -2.47. The second-order valence-electron chi connectivity index (χ2n) is 14.6. The molecular formula is C35H48FN5O3. The van der Waals surface area contributed by atoms with Gasteiger partial charge in [-0.1, -0.05) is 6.92 Å². The molecule has 2 aliphatic heterocycles. The molecule has 0 spiro atoms. The zero-order valence-electron chi connectivity index (χ0n) is 27.6. The number of nitrogens with zero attached hydrogens (tertiary/aromatic N) is 5. The normalized spacial score (nSPS) is 17.6. The van der Waals surface area contributed by atoms with Crippen molar-refractivity contribution >= 4 is 22.9 Å². The summed E-state index contributed by atoms with van der Waals surface area (Å²) in [5, 5.41) is 1.15. The molecular weight excluding hydrogens is 557 g/mol. The maximum absolute atomic E-state index is 14.4. The number of amides is 2. The van der Waals surface area contributed by atoms with E-state index < -0.39 is 11.4 Å². The van der Waals surface area contributed by atoms with Gasteiger partial charge in [0.2, 0.25) is 0 Å². The van der Waals surface area contributed by atoms with Crippen LogP contribution in [0.1, 0.15) is 75.9 Å². The number of hydrogen-bond donors (Lipinski definition) is 0. The van der Waals surface area contributed by atoms with E-state index in [-0.39, 0.29) is 23.5 Å². The lowest BCUT2D eigenvalue weighted by atomic mass is 9.78. The zero-order valence-corrected chi connectivity index (χ0v) is 27.6. The zero-order chi connectivity index (χ0) is 32.0. The number of halogens is 1. The van der Waals surface area contributed by atoms with Gasteiger partial charge >= 0.3 is 6.09 Å². The Morgan fingerprint density at radius 3 is 2.48 bits per heavy atom. The summed E-state index contributed by atoms with van der Waals surface area (Å²) in [4.78, 5) is 36.4. The molecule has 2 fully saturated rings. The quantitative estimate of drug-likeness (QED) is 0.309. The monoisotopic (exact) mass is 605 g/mol. The molecule has 1 aromatic carbocycles. The summed E-state index contributed by atoms with van der Waals surface area (Å²) in [6.07, 6.45) is 8.50. The largest absolute Gasteiger partial charge is 0.444 e. The highest BCUT2D eigenvalue weighted by Crippen LogP contribution is 2.37. The molecule has 2 amide bonds. The molecule has 5 rings (SSSR count). The minimum Gasteiger partial charge on any atom is -0.444 e. The van der Waals surface area contributed by atoms with Gasteiger partial charge in [-0.15, -0.1) is 0 Å². The minimum absolute atomic E-state index is 0.0131. The first-order valence-electron chi connectivity index (χ1n) is 15.9. The minimum atomic E-state index is -0.477. The highest BCUT2D eigenvalue weighted by molar-refractivity contribution is 5.99. The number of aryl methyl sites for hydroxylation is 1. The standard InChI is InChI=1S/C35H48FN5O3/c1-23(2)38(8)32(42)28-16-27(36)9-10-29(28)41-21-26(31-24(3)17-37-18-30(31)41)15-25-19-39(20-25)22-35(7)11-13-40(14-12-35)33(43)44-34(4,5)6/h9-10,16-18,21,23,25H,11-15,19-20,22H2,1-8H3. The lowest BCUT2D eigenvalue weighted by molar-refractivity contribution is -0.00355. The van der Waals surface area contributed by atoms with Crippen LogP contribution in [0, 0.1) is 24.1 Å². The van der Waals surface area contributed by atoms with Gasteiger partial charge in [0.1, 0.15) is 11.4 Å². The van der Waals surface area contributed by atoms with Crippen LogP contribution in [0.4, 0.5) is 9.18 Å². The maximum Gasteiger partial charge on any atom is 0.410 e. The number of benzene rings is 1. The third-order valence-corrected chi connectivity index (χ3v) is 9.29. The van der Waals surface area contributed by atoms with E-state index in [0.717, 1.165) is 68.5 Å². The molecule has 0 saturated carbocycles. The summed E-state index contributed by atoms with van der Waals surface area (Å²) in [5.74, 6) is -0.119. The van der Waals surface area contributed by atoms with Crippen LogP contribution in [0.3, 0.4) is 0 Å². The summed E-state index contributed by atoms with van der Waals surface area (Å²) in [6, 6.07) is 4.44. The smallest absolute Gasteiger partial charge is 0.410 e. The molecule has 0 atom stereocenters.